The van der Waals surface area contributed by atoms with Crippen LogP contribution in [-0.4, -0.2) is 28.1 Å². The molecule has 28 heavy (non-hydrogen) atoms. The Hall–Kier alpha value is -2.25. The van der Waals surface area contributed by atoms with E-state index in [0.29, 0.717) is 27.7 Å². The molecule has 0 saturated heterocycles. The van der Waals surface area contributed by atoms with Gasteiger partial charge in [-0.1, -0.05) is 50.2 Å². The Morgan fingerprint density at radius 2 is 1.75 bits per heavy atom. The number of fused-ring (bicyclic) bond motifs is 1. The predicted molar refractivity (Wildman–Crippen MR) is 108 cm³/mol. The lowest BCUT2D eigenvalue weighted by atomic mass is 9.75. The van der Waals surface area contributed by atoms with Crippen molar-refractivity contribution in [2.75, 3.05) is 0 Å². The van der Waals surface area contributed by atoms with E-state index in [1.54, 1.807) is 62.4 Å². The third-order valence-corrected chi connectivity index (χ3v) is 5.69. The molecule has 3 aromatic rings. The van der Waals surface area contributed by atoms with Crippen LogP contribution in [0.4, 0.5) is 18.9 Å². The van der Waals surface area contributed by atoms with E-state index in [0.717, 1.165) is 5.01 Å². The maximum absolute atomic E-state index is 13.8. The van der Waals surface area contributed by atoms with Gasteiger partial charge in [0.05, 0.1) is 20.9 Å². The second kappa shape index (κ2) is 7.29. The van der Waals surface area contributed by atoms with Gasteiger partial charge >= 0.3 is 6.18 Å². The molecule has 0 fully saturated rings. The van der Waals surface area contributed by atoms with Gasteiger partial charge in [0.2, 0.25) is 0 Å². The van der Waals surface area contributed by atoms with E-state index < -0.39 is 23.6 Å². The van der Waals surface area contributed by atoms with Crippen LogP contribution in [0.3, 0.4) is 0 Å². The first-order chi connectivity index (χ1) is 13.0. The molecule has 1 N–H and O–H groups in total. The first-order valence-electron chi connectivity index (χ1n) is 8.78. The molecule has 0 radical (unpaired) electrons. The van der Waals surface area contributed by atoms with Gasteiger partial charge in [0, 0.05) is 6.21 Å². The molecule has 1 aromatic heterocycles. The van der Waals surface area contributed by atoms with Crippen LogP contribution in [0, 0.1) is 6.92 Å². The highest BCUT2D eigenvalue weighted by Gasteiger charge is 2.55. The molecule has 148 valence electrons. The number of halogens is 3. The SMILES string of the molecule is Cc1nc2cccc(N=CC(O)(CC(C)(C)c3ccccc3)C(F)(F)F)c2s1. The quantitative estimate of drug-likeness (QED) is 0.531. The number of aliphatic imine (C=N–C) groups is 1. The minimum atomic E-state index is -4.86. The minimum Gasteiger partial charge on any atom is -0.376 e. The zero-order chi connectivity index (χ0) is 20.6. The summed E-state index contributed by atoms with van der Waals surface area (Å²) in [5, 5.41) is 11.4. The van der Waals surface area contributed by atoms with Crippen molar-refractivity contribution in [3.05, 3.63) is 59.1 Å². The third kappa shape index (κ3) is 4.10. The Balaban J connectivity index is 1.99. The van der Waals surface area contributed by atoms with Crippen LogP contribution in [0.15, 0.2) is 53.5 Å². The molecule has 7 heteroatoms. The molecule has 1 heterocycles. The Kier molecular flexibility index (Phi) is 5.34. The molecular formula is C21H21F3N2OS. The van der Waals surface area contributed by atoms with Crippen molar-refractivity contribution in [1.29, 1.82) is 0 Å². The maximum Gasteiger partial charge on any atom is 0.422 e. The highest BCUT2D eigenvalue weighted by Crippen LogP contribution is 2.41. The fraction of sp³-hybridized carbons (Fsp3) is 0.333. The highest BCUT2D eigenvalue weighted by molar-refractivity contribution is 7.19. The molecule has 0 aliphatic heterocycles. The van der Waals surface area contributed by atoms with Crippen molar-refractivity contribution in [2.24, 2.45) is 4.99 Å². The maximum atomic E-state index is 13.8. The summed E-state index contributed by atoms with van der Waals surface area (Å²) in [6, 6.07) is 13.9. The van der Waals surface area contributed by atoms with E-state index in [2.05, 4.69) is 9.98 Å². The van der Waals surface area contributed by atoms with Crippen LogP contribution in [-0.2, 0) is 5.41 Å². The molecule has 0 spiro atoms. The summed E-state index contributed by atoms with van der Waals surface area (Å²) in [5.41, 5.74) is -2.22. The van der Waals surface area contributed by atoms with Gasteiger partial charge in [-0.25, -0.2) is 4.98 Å². The lowest BCUT2D eigenvalue weighted by Gasteiger charge is -2.35. The number of hydrogen-bond acceptors (Lipinski definition) is 4. The van der Waals surface area contributed by atoms with Crippen molar-refractivity contribution in [3.8, 4) is 0 Å². The fourth-order valence-corrected chi connectivity index (χ4v) is 4.09. The number of aromatic nitrogens is 1. The molecule has 3 rings (SSSR count). The first kappa shape index (κ1) is 20.5. The van der Waals surface area contributed by atoms with E-state index in [1.165, 1.54) is 11.3 Å². The van der Waals surface area contributed by atoms with Gasteiger partial charge in [-0.05, 0) is 36.5 Å². The minimum absolute atomic E-state index is 0.364. The Labute approximate surface area is 165 Å². The highest BCUT2D eigenvalue weighted by atomic mass is 32.1. The van der Waals surface area contributed by atoms with Crippen LogP contribution < -0.4 is 0 Å². The number of nitrogens with zero attached hydrogens (tertiary/aromatic N) is 2. The lowest BCUT2D eigenvalue weighted by molar-refractivity contribution is -0.234. The van der Waals surface area contributed by atoms with Crippen molar-refractivity contribution >= 4 is 33.5 Å². The van der Waals surface area contributed by atoms with Gasteiger partial charge in [0.25, 0.3) is 0 Å². The van der Waals surface area contributed by atoms with Crippen molar-refractivity contribution in [1.82, 2.24) is 4.98 Å². The van der Waals surface area contributed by atoms with Crippen LogP contribution in [0.25, 0.3) is 10.2 Å². The Bertz CT molecular complexity index is 996. The van der Waals surface area contributed by atoms with Gasteiger partial charge in [-0.2, -0.15) is 13.2 Å². The van der Waals surface area contributed by atoms with Crippen LogP contribution >= 0.6 is 11.3 Å². The summed E-state index contributed by atoms with van der Waals surface area (Å²) in [5.74, 6) is 0. The first-order valence-corrected chi connectivity index (χ1v) is 9.59. The molecule has 0 aliphatic rings. The number of rotatable bonds is 5. The number of aliphatic hydroxyl groups is 1. The molecule has 2 aromatic carbocycles. The van der Waals surface area contributed by atoms with E-state index in [1.807, 2.05) is 6.92 Å². The van der Waals surface area contributed by atoms with Gasteiger partial charge in [0.15, 0.2) is 5.60 Å². The third-order valence-electron chi connectivity index (χ3n) is 4.68. The molecule has 1 unspecified atom stereocenters. The average molecular weight is 406 g/mol. The Morgan fingerprint density at radius 1 is 1.07 bits per heavy atom. The van der Waals surface area contributed by atoms with Gasteiger partial charge in [-0.15, -0.1) is 11.3 Å². The normalized spacial score (nSPS) is 15.2. The van der Waals surface area contributed by atoms with E-state index in [4.69, 9.17) is 0 Å². The summed E-state index contributed by atoms with van der Waals surface area (Å²) in [6.07, 6.45) is -4.78. The number of alkyl halides is 3. The van der Waals surface area contributed by atoms with E-state index in [-0.39, 0.29) is 0 Å². The second-order valence-electron chi connectivity index (χ2n) is 7.47. The molecule has 0 saturated carbocycles. The summed E-state index contributed by atoms with van der Waals surface area (Å²) < 4.78 is 42.2. The zero-order valence-electron chi connectivity index (χ0n) is 15.8. The standard InChI is InChI=1S/C21H21F3N2OS/c1-14-26-17-11-7-10-16(18(17)28-14)25-13-20(27,21(22,23)24)12-19(2,3)15-8-5-4-6-9-15/h4-11,13,27H,12H2,1-3H3. The summed E-state index contributed by atoms with van der Waals surface area (Å²) in [6.45, 7) is 5.19. The number of hydrogen-bond donors (Lipinski definition) is 1. The lowest BCUT2D eigenvalue weighted by Crippen LogP contribution is -2.50. The average Bonchev–Trinajstić information content (AvgIpc) is 3.00. The van der Waals surface area contributed by atoms with E-state index in [9.17, 15) is 18.3 Å². The van der Waals surface area contributed by atoms with Gasteiger partial charge in [-0.3, -0.25) is 4.99 Å². The van der Waals surface area contributed by atoms with Crippen molar-refractivity contribution < 1.29 is 18.3 Å². The predicted octanol–water partition coefficient (Wildman–Crippen LogP) is 5.97. The summed E-state index contributed by atoms with van der Waals surface area (Å²) >= 11 is 1.36. The number of benzene rings is 2. The molecule has 0 bridgehead atoms. The second-order valence-corrected chi connectivity index (χ2v) is 8.67. The summed E-state index contributed by atoms with van der Waals surface area (Å²) in [4.78, 5) is 8.37. The topological polar surface area (TPSA) is 45.5 Å². The number of aryl methyl sites for hydroxylation is 1. The monoisotopic (exact) mass is 406 g/mol. The largest absolute Gasteiger partial charge is 0.422 e. The fourth-order valence-electron chi connectivity index (χ4n) is 3.21. The number of thiazole rings is 1. The summed E-state index contributed by atoms with van der Waals surface area (Å²) in [7, 11) is 0. The van der Waals surface area contributed by atoms with Gasteiger partial charge in [0.1, 0.15) is 0 Å². The molecule has 0 aliphatic carbocycles. The van der Waals surface area contributed by atoms with E-state index >= 15 is 0 Å². The molecule has 0 amide bonds. The zero-order valence-corrected chi connectivity index (χ0v) is 16.6. The van der Waals surface area contributed by atoms with Crippen molar-refractivity contribution in [3.63, 3.8) is 0 Å². The smallest absolute Gasteiger partial charge is 0.376 e. The molecule has 1 atom stereocenters. The molecule has 3 nitrogen and oxygen atoms in total. The van der Waals surface area contributed by atoms with Crippen LogP contribution in [0.5, 0.6) is 0 Å². The van der Waals surface area contributed by atoms with Crippen LogP contribution in [0.1, 0.15) is 30.8 Å². The molecular weight excluding hydrogens is 385 g/mol. The van der Waals surface area contributed by atoms with Gasteiger partial charge < -0.3 is 5.11 Å². The van der Waals surface area contributed by atoms with Crippen molar-refractivity contribution in [2.45, 2.75) is 44.4 Å². The Morgan fingerprint density at radius 3 is 2.39 bits per heavy atom. The van der Waals surface area contributed by atoms with Crippen LogP contribution in [0.2, 0.25) is 0 Å².